The summed E-state index contributed by atoms with van der Waals surface area (Å²) in [5.41, 5.74) is 7.05. The lowest BCUT2D eigenvalue weighted by molar-refractivity contribution is -0.148. The van der Waals surface area contributed by atoms with E-state index in [9.17, 15) is 4.79 Å². The summed E-state index contributed by atoms with van der Waals surface area (Å²) in [6.07, 6.45) is 0. The van der Waals surface area contributed by atoms with Gasteiger partial charge in [0.1, 0.15) is 0 Å². The van der Waals surface area contributed by atoms with Gasteiger partial charge in [-0.15, -0.1) is 0 Å². The van der Waals surface area contributed by atoms with Gasteiger partial charge in [-0.25, -0.2) is 0 Å². The van der Waals surface area contributed by atoms with Gasteiger partial charge in [-0.2, -0.15) is 0 Å². The third kappa shape index (κ3) is 3.55. The minimum absolute atomic E-state index is 0.0753. The zero-order chi connectivity index (χ0) is 13.7. The first kappa shape index (κ1) is 14.0. The molecule has 0 aromatic heterocycles. The number of hydrogen-bond donors (Lipinski definition) is 1. The van der Waals surface area contributed by atoms with Crippen LogP contribution >= 0.6 is 0 Å². The van der Waals surface area contributed by atoms with E-state index in [1.54, 1.807) is 0 Å². The lowest BCUT2D eigenvalue weighted by atomic mass is 9.96. The van der Waals surface area contributed by atoms with E-state index in [-0.39, 0.29) is 17.8 Å². The molecule has 0 radical (unpaired) electrons. The quantitative estimate of drug-likeness (QED) is 0.812. The molecular weight excluding hydrogens is 240 g/mol. The van der Waals surface area contributed by atoms with Crippen LogP contribution in [0.1, 0.15) is 12.5 Å². The van der Waals surface area contributed by atoms with Crippen molar-refractivity contribution in [3.63, 3.8) is 0 Å². The maximum atomic E-state index is 11.9. The molecule has 0 amide bonds. The number of hydrogen-bond acceptors (Lipinski definition) is 4. The van der Waals surface area contributed by atoms with E-state index in [0.29, 0.717) is 13.2 Å². The number of benzene rings is 1. The van der Waals surface area contributed by atoms with Gasteiger partial charge in [0.25, 0.3) is 0 Å². The number of esters is 1. The Balaban J connectivity index is 1.97. The number of likely N-dealkylation sites (tertiary alicyclic amines) is 1. The van der Waals surface area contributed by atoms with Crippen molar-refractivity contribution < 1.29 is 9.53 Å². The summed E-state index contributed by atoms with van der Waals surface area (Å²) in [4.78, 5) is 14.2. The molecule has 1 saturated heterocycles. The maximum absolute atomic E-state index is 11.9. The molecule has 1 aromatic rings. The summed E-state index contributed by atoms with van der Waals surface area (Å²) in [6.45, 7) is 5.30. The molecule has 2 N–H and O–H groups in total. The van der Waals surface area contributed by atoms with Crippen LogP contribution in [0.5, 0.6) is 0 Å². The van der Waals surface area contributed by atoms with Crippen molar-refractivity contribution in [2.24, 2.45) is 17.6 Å². The summed E-state index contributed by atoms with van der Waals surface area (Å²) >= 11 is 0. The van der Waals surface area contributed by atoms with Crippen LogP contribution in [0.25, 0.3) is 0 Å². The standard InChI is InChI=1S/C15H22N2O2/c1-2-19-15(18)14-11-17(10-13(14)8-16)9-12-6-4-3-5-7-12/h3-7,13-14H,2,8-11,16H2,1H3/t13-,14-/m1/s1. The first-order valence-corrected chi connectivity index (χ1v) is 6.87. The van der Waals surface area contributed by atoms with E-state index >= 15 is 0 Å². The van der Waals surface area contributed by atoms with Crippen molar-refractivity contribution in [3.8, 4) is 0 Å². The Morgan fingerprint density at radius 1 is 1.37 bits per heavy atom. The SMILES string of the molecule is CCOC(=O)[C@@H]1CN(Cc2ccccc2)C[C@H]1CN. The van der Waals surface area contributed by atoms with Crippen LogP contribution in [0.2, 0.25) is 0 Å². The predicted octanol–water partition coefficient (Wildman–Crippen LogP) is 1.26. The third-order valence-electron chi connectivity index (χ3n) is 3.66. The zero-order valence-corrected chi connectivity index (χ0v) is 11.4. The number of nitrogens with zero attached hydrogens (tertiary/aromatic N) is 1. The molecule has 0 saturated carbocycles. The van der Waals surface area contributed by atoms with Crippen molar-refractivity contribution in [1.29, 1.82) is 0 Å². The summed E-state index contributed by atoms with van der Waals surface area (Å²) < 4.78 is 5.14. The number of carbonyl (C=O) groups excluding carboxylic acids is 1. The van der Waals surface area contributed by atoms with Gasteiger partial charge >= 0.3 is 5.97 Å². The fraction of sp³-hybridized carbons (Fsp3) is 0.533. The van der Waals surface area contributed by atoms with E-state index in [1.165, 1.54) is 5.56 Å². The Morgan fingerprint density at radius 3 is 2.74 bits per heavy atom. The number of rotatable bonds is 5. The fourth-order valence-corrected chi connectivity index (χ4v) is 2.69. The molecule has 1 aliphatic heterocycles. The molecule has 4 nitrogen and oxygen atoms in total. The molecule has 2 rings (SSSR count). The number of nitrogens with two attached hydrogens (primary N) is 1. The Bertz CT molecular complexity index is 408. The summed E-state index contributed by atoms with van der Waals surface area (Å²) in [5, 5.41) is 0. The Morgan fingerprint density at radius 2 is 2.11 bits per heavy atom. The van der Waals surface area contributed by atoms with Gasteiger partial charge in [-0.05, 0) is 24.9 Å². The molecular formula is C15H22N2O2. The molecule has 1 aliphatic rings. The van der Waals surface area contributed by atoms with Crippen LogP contribution in [0.3, 0.4) is 0 Å². The Hall–Kier alpha value is -1.39. The molecule has 1 heterocycles. The van der Waals surface area contributed by atoms with E-state index in [2.05, 4.69) is 17.0 Å². The van der Waals surface area contributed by atoms with E-state index in [0.717, 1.165) is 19.6 Å². The highest BCUT2D eigenvalue weighted by atomic mass is 16.5. The van der Waals surface area contributed by atoms with Crippen LogP contribution in [0.15, 0.2) is 30.3 Å². The van der Waals surface area contributed by atoms with Gasteiger partial charge in [0.05, 0.1) is 12.5 Å². The monoisotopic (exact) mass is 262 g/mol. The fourth-order valence-electron chi connectivity index (χ4n) is 2.69. The number of carbonyl (C=O) groups is 1. The van der Waals surface area contributed by atoms with Crippen molar-refractivity contribution in [2.75, 3.05) is 26.2 Å². The molecule has 4 heteroatoms. The summed E-state index contributed by atoms with van der Waals surface area (Å²) in [6, 6.07) is 10.3. The lowest BCUT2D eigenvalue weighted by Gasteiger charge is -2.15. The average molecular weight is 262 g/mol. The van der Waals surface area contributed by atoms with Crippen molar-refractivity contribution in [1.82, 2.24) is 4.90 Å². The molecule has 19 heavy (non-hydrogen) atoms. The van der Waals surface area contributed by atoms with Gasteiger partial charge in [0.15, 0.2) is 0 Å². The molecule has 0 aliphatic carbocycles. The third-order valence-corrected chi connectivity index (χ3v) is 3.66. The van der Waals surface area contributed by atoms with Gasteiger partial charge in [0.2, 0.25) is 0 Å². The second-order valence-electron chi connectivity index (χ2n) is 5.03. The first-order valence-electron chi connectivity index (χ1n) is 6.87. The Kier molecular flexibility index (Phi) is 4.93. The van der Waals surface area contributed by atoms with Crippen molar-refractivity contribution >= 4 is 5.97 Å². The van der Waals surface area contributed by atoms with Gasteiger partial charge in [-0.3, -0.25) is 9.69 Å². The smallest absolute Gasteiger partial charge is 0.310 e. The Labute approximate surface area is 114 Å². The van der Waals surface area contributed by atoms with Gasteiger partial charge in [0, 0.05) is 19.6 Å². The largest absolute Gasteiger partial charge is 0.466 e. The molecule has 0 unspecified atom stereocenters. The topological polar surface area (TPSA) is 55.6 Å². The maximum Gasteiger partial charge on any atom is 0.310 e. The van der Waals surface area contributed by atoms with Crippen molar-refractivity contribution in [3.05, 3.63) is 35.9 Å². The highest BCUT2D eigenvalue weighted by Crippen LogP contribution is 2.25. The lowest BCUT2D eigenvalue weighted by Crippen LogP contribution is -2.29. The normalized spacial score (nSPS) is 23.5. The van der Waals surface area contributed by atoms with Crippen LogP contribution in [-0.4, -0.2) is 37.1 Å². The first-order chi connectivity index (χ1) is 9.24. The summed E-state index contributed by atoms with van der Waals surface area (Å²) in [5.74, 6) is 0.0323. The van der Waals surface area contributed by atoms with Crippen LogP contribution in [0.4, 0.5) is 0 Å². The molecule has 2 atom stereocenters. The van der Waals surface area contributed by atoms with E-state index < -0.39 is 0 Å². The van der Waals surface area contributed by atoms with Crippen molar-refractivity contribution in [2.45, 2.75) is 13.5 Å². The molecule has 0 bridgehead atoms. The van der Waals surface area contributed by atoms with Crippen LogP contribution in [0, 0.1) is 11.8 Å². The highest BCUT2D eigenvalue weighted by molar-refractivity contribution is 5.73. The van der Waals surface area contributed by atoms with Crippen LogP contribution < -0.4 is 5.73 Å². The second kappa shape index (κ2) is 6.68. The molecule has 0 spiro atoms. The summed E-state index contributed by atoms with van der Waals surface area (Å²) in [7, 11) is 0. The minimum atomic E-state index is -0.103. The average Bonchev–Trinajstić information content (AvgIpc) is 2.83. The zero-order valence-electron chi connectivity index (χ0n) is 11.4. The van der Waals surface area contributed by atoms with Crippen LogP contribution in [-0.2, 0) is 16.1 Å². The molecule has 104 valence electrons. The van der Waals surface area contributed by atoms with E-state index in [1.807, 2.05) is 25.1 Å². The van der Waals surface area contributed by atoms with E-state index in [4.69, 9.17) is 10.5 Å². The van der Waals surface area contributed by atoms with Gasteiger partial charge in [-0.1, -0.05) is 30.3 Å². The van der Waals surface area contributed by atoms with Gasteiger partial charge < -0.3 is 10.5 Å². The number of ether oxygens (including phenoxy) is 1. The molecule has 1 fully saturated rings. The minimum Gasteiger partial charge on any atom is -0.466 e. The molecule has 1 aromatic carbocycles. The highest BCUT2D eigenvalue weighted by Gasteiger charge is 2.37. The second-order valence-corrected chi connectivity index (χ2v) is 5.03. The predicted molar refractivity (Wildman–Crippen MR) is 74.4 cm³/mol.